The van der Waals surface area contributed by atoms with Crippen LogP contribution in [0.3, 0.4) is 0 Å². The molecule has 0 aromatic heterocycles. The number of amides is 4. The van der Waals surface area contributed by atoms with Crippen molar-refractivity contribution in [3.63, 3.8) is 0 Å². The van der Waals surface area contributed by atoms with Gasteiger partial charge in [0.15, 0.2) is 0 Å². The zero-order valence-corrected chi connectivity index (χ0v) is 22.0. The molecule has 4 amide bonds. The fourth-order valence-corrected chi connectivity index (χ4v) is 5.43. The third kappa shape index (κ3) is 5.49. The Morgan fingerprint density at radius 2 is 1.56 bits per heavy atom. The van der Waals surface area contributed by atoms with Crippen LogP contribution >= 0.6 is 0 Å². The van der Waals surface area contributed by atoms with Crippen molar-refractivity contribution in [3.8, 4) is 0 Å². The molecule has 0 radical (unpaired) electrons. The maximum Gasteiger partial charge on any atom is 0.334 e. The predicted molar refractivity (Wildman–Crippen MR) is 144 cm³/mol. The molecule has 2 saturated heterocycles. The number of halogens is 1. The van der Waals surface area contributed by atoms with Crippen LogP contribution in [0.25, 0.3) is 0 Å². The second-order valence-electron chi connectivity index (χ2n) is 10.0. The lowest BCUT2D eigenvalue weighted by atomic mass is 9.96. The summed E-state index contributed by atoms with van der Waals surface area (Å²) >= 11 is 0. The molecular weight excluding hydrogens is 497 g/mol. The van der Waals surface area contributed by atoms with Gasteiger partial charge in [0, 0.05) is 20.0 Å². The molecular formula is C30H32FN5O3. The average molecular weight is 530 g/mol. The van der Waals surface area contributed by atoms with Crippen molar-refractivity contribution in [2.45, 2.75) is 38.1 Å². The van der Waals surface area contributed by atoms with Crippen molar-refractivity contribution in [1.82, 2.24) is 25.1 Å². The molecule has 0 saturated carbocycles. The number of urea groups is 1. The van der Waals surface area contributed by atoms with Crippen LogP contribution < -0.4 is 5.32 Å². The fraction of sp³-hybridized carbons (Fsp3) is 0.300. The van der Waals surface area contributed by atoms with Crippen LogP contribution in [0.15, 0.2) is 84.9 Å². The Bertz CT molecular complexity index is 1320. The molecule has 3 aromatic carbocycles. The van der Waals surface area contributed by atoms with Gasteiger partial charge in [0.25, 0.3) is 0 Å². The van der Waals surface area contributed by atoms with E-state index in [2.05, 4.69) is 5.32 Å². The van der Waals surface area contributed by atoms with Crippen molar-refractivity contribution < 1.29 is 18.8 Å². The van der Waals surface area contributed by atoms with Gasteiger partial charge in [-0.2, -0.15) is 0 Å². The maximum atomic E-state index is 14.0. The van der Waals surface area contributed by atoms with Crippen LogP contribution in [0, 0.1) is 5.82 Å². The molecule has 3 aromatic rings. The van der Waals surface area contributed by atoms with Gasteiger partial charge in [-0.05, 0) is 35.7 Å². The molecule has 0 spiro atoms. The molecule has 1 unspecified atom stereocenters. The first-order chi connectivity index (χ1) is 18.8. The summed E-state index contributed by atoms with van der Waals surface area (Å²) in [6.07, 6.45) is -0.390. The van der Waals surface area contributed by atoms with Crippen molar-refractivity contribution in [3.05, 3.63) is 107 Å². The molecule has 3 atom stereocenters. The summed E-state index contributed by atoms with van der Waals surface area (Å²) in [6.45, 7) is 2.31. The minimum absolute atomic E-state index is 0.0264. The Morgan fingerprint density at radius 3 is 2.21 bits per heavy atom. The van der Waals surface area contributed by atoms with E-state index in [1.165, 1.54) is 12.1 Å². The number of nitrogens with zero attached hydrogens (tertiary/aromatic N) is 4. The first-order valence-corrected chi connectivity index (χ1v) is 13.1. The number of hydrazine groups is 1. The maximum absolute atomic E-state index is 14.0. The SMILES string of the molecule is CC(c1ccc(F)cc1)N1C[C@H]2N(C(=O)CN(C)N2C(=O)NCc2ccccc2)[C@@H](Cc2ccccc2)C1=O. The number of piperazine rings is 1. The molecule has 1 N–H and O–H groups in total. The number of benzene rings is 3. The molecule has 202 valence electrons. The quantitative estimate of drug-likeness (QED) is 0.530. The highest BCUT2D eigenvalue weighted by molar-refractivity contribution is 5.92. The number of fused-ring (bicyclic) bond motifs is 1. The standard InChI is InChI=1S/C30H32FN5O3/c1-21(24-13-15-25(31)16-14-24)34-19-27-35(26(29(34)38)17-22-9-5-3-6-10-22)28(37)20-33(2)36(27)30(39)32-18-23-11-7-4-8-12-23/h3-16,21,26-27H,17-20H2,1-2H3,(H,32,39)/t21?,26-,27-/m0/s1. The lowest BCUT2D eigenvalue weighted by molar-refractivity contribution is -0.189. The normalized spacial score (nSPS) is 20.5. The zero-order chi connectivity index (χ0) is 27.5. The van der Waals surface area contributed by atoms with Gasteiger partial charge in [-0.1, -0.05) is 72.8 Å². The number of nitrogens with one attached hydrogen (secondary N) is 1. The molecule has 2 heterocycles. The zero-order valence-electron chi connectivity index (χ0n) is 22.0. The van der Waals surface area contributed by atoms with Gasteiger partial charge in [-0.3, -0.25) is 9.59 Å². The highest BCUT2D eigenvalue weighted by atomic mass is 19.1. The lowest BCUT2D eigenvalue weighted by Gasteiger charge is -2.55. The van der Waals surface area contributed by atoms with Gasteiger partial charge in [-0.25, -0.2) is 19.2 Å². The molecule has 5 rings (SSSR count). The van der Waals surface area contributed by atoms with Crippen molar-refractivity contribution in [2.75, 3.05) is 20.1 Å². The van der Waals surface area contributed by atoms with Gasteiger partial charge in [0.2, 0.25) is 11.8 Å². The molecule has 2 aliphatic rings. The summed E-state index contributed by atoms with van der Waals surface area (Å²) in [5.74, 6) is -0.766. The number of hydrogen-bond acceptors (Lipinski definition) is 4. The lowest BCUT2D eigenvalue weighted by Crippen LogP contribution is -2.76. The van der Waals surface area contributed by atoms with E-state index in [-0.39, 0.29) is 36.8 Å². The van der Waals surface area contributed by atoms with E-state index in [9.17, 15) is 18.8 Å². The summed E-state index contributed by atoms with van der Waals surface area (Å²) in [4.78, 5) is 44.3. The number of carbonyl (C=O) groups is 3. The van der Waals surface area contributed by atoms with Gasteiger partial charge >= 0.3 is 6.03 Å². The van der Waals surface area contributed by atoms with Gasteiger partial charge < -0.3 is 15.1 Å². The van der Waals surface area contributed by atoms with E-state index in [1.807, 2.05) is 67.6 Å². The van der Waals surface area contributed by atoms with E-state index < -0.39 is 18.2 Å². The third-order valence-electron chi connectivity index (χ3n) is 7.47. The molecule has 2 fully saturated rings. The number of carbonyl (C=O) groups excluding carboxylic acids is 3. The highest BCUT2D eigenvalue weighted by Crippen LogP contribution is 2.32. The highest BCUT2D eigenvalue weighted by Gasteiger charge is 2.51. The summed E-state index contributed by atoms with van der Waals surface area (Å²) in [7, 11) is 1.70. The number of rotatable bonds is 6. The predicted octanol–water partition coefficient (Wildman–Crippen LogP) is 3.57. The van der Waals surface area contributed by atoms with Gasteiger partial charge in [0.05, 0.1) is 19.1 Å². The Hall–Kier alpha value is -4.24. The molecule has 8 nitrogen and oxygen atoms in total. The minimum atomic E-state index is -0.792. The van der Waals surface area contributed by atoms with Crippen LogP contribution in [-0.2, 0) is 22.6 Å². The summed E-state index contributed by atoms with van der Waals surface area (Å²) < 4.78 is 13.6. The van der Waals surface area contributed by atoms with Crippen LogP contribution in [0.5, 0.6) is 0 Å². The van der Waals surface area contributed by atoms with E-state index in [0.717, 1.165) is 16.7 Å². The van der Waals surface area contributed by atoms with E-state index >= 15 is 0 Å². The Kier molecular flexibility index (Phi) is 7.60. The van der Waals surface area contributed by atoms with E-state index in [1.54, 1.807) is 39.0 Å². The summed E-state index contributed by atoms with van der Waals surface area (Å²) in [6, 6.07) is 23.7. The van der Waals surface area contributed by atoms with Crippen LogP contribution in [-0.4, -0.2) is 70.0 Å². The summed E-state index contributed by atoms with van der Waals surface area (Å²) in [5, 5.41) is 6.12. The number of hydrogen-bond donors (Lipinski definition) is 1. The second-order valence-corrected chi connectivity index (χ2v) is 10.0. The van der Waals surface area contributed by atoms with Crippen LogP contribution in [0.2, 0.25) is 0 Å². The number of likely N-dealkylation sites (N-methyl/N-ethyl adjacent to an activating group) is 1. The van der Waals surface area contributed by atoms with Gasteiger partial charge in [0.1, 0.15) is 18.0 Å². The molecule has 2 aliphatic heterocycles. The topological polar surface area (TPSA) is 76.2 Å². The molecule has 0 bridgehead atoms. The van der Waals surface area contributed by atoms with Crippen molar-refractivity contribution in [2.24, 2.45) is 0 Å². The fourth-order valence-electron chi connectivity index (χ4n) is 5.43. The van der Waals surface area contributed by atoms with Crippen molar-refractivity contribution in [1.29, 1.82) is 0 Å². The van der Waals surface area contributed by atoms with Crippen molar-refractivity contribution >= 4 is 17.8 Å². The van der Waals surface area contributed by atoms with Crippen LogP contribution in [0.1, 0.15) is 29.7 Å². The minimum Gasteiger partial charge on any atom is -0.333 e. The van der Waals surface area contributed by atoms with E-state index in [0.29, 0.717) is 13.0 Å². The van der Waals surface area contributed by atoms with Gasteiger partial charge in [-0.15, -0.1) is 0 Å². The third-order valence-corrected chi connectivity index (χ3v) is 7.47. The van der Waals surface area contributed by atoms with E-state index in [4.69, 9.17) is 0 Å². The monoisotopic (exact) mass is 529 g/mol. The molecule has 9 heteroatoms. The smallest absolute Gasteiger partial charge is 0.333 e. The average Bonchev–Trinajstić information content (AvgIpc) is 2.94. The van der Waals surface area contributed by atoms with Crippen LogP contribution in [0.4, 0.5) is 9.18 Å². The first-order valence-electron chi connectivity index (χ1n) is 13.1. The Morgan fingerprint density at radius 1 is 0.949 bits per heavy atom. The molecule has 0 aliphatic carbocycles. The Labute approximate surface area is 227 Å². The first kappa shape index (κ1) is 26.4. The summed E-state index contributed by atoms with van der Waals surface area (Å²) in [5.41, 5.74) is 2.63. The second kappa shape index (κ2) is 11.2. The largest absolute Gasteiger partial charge is 0.334 e. The molecule has 39 heavy (non-hydrogen) atoms. The Balaban J connectivity index is 1.48.